The molecular formula is C36H44Cl2N2SiTi-2. The molecule has 6 heteroatoms. The number of benzene rings is 3. The topological polar surface area (TPSA) is 17.3 Å². The minimum absolute atomic E-state index is 0. The van der Waals surface area contributed by atoms with Gasteiger partial charge in [0, 0.05) is 27.4 Å². The molecule has 1 aliphatic heterocycles. The molecule has 0 amide bonds. The first-order valence-electron chi connectivity index (χ1n) is 14.7. The van der Waals surface area contributed by atoms with Gasteiger partial charge in [-0.2, -0.15) is 0 Å². The molecule has 1 fully saturated rings. The predicted molar refractivity (Wildman–Crippen MR) is 182 cm³/mol. The van der Waals surface area contributed by atoms with E-state index in [0.717, 1.165) is 13.1 Å². The second kappa shape index (κ2) is 14.1. The van der Waals surface area contributed by atoms with Crippen molar-refractivity contribution in [2.75, 3.05) is 0 Å². The monoisotopic (exact) mass is 650 g/mol. The molecule has 42 heavy (non-hydrogen) atoms. The van der Waals surface area contributed by atoms with Crippen molar-refractivity contribution in [2.24, 2.45) is 11.8 Å². The third-order valence-corrected chi connectivity index (χ3v) is 14.1. The molecule has 1 saturated carbocycles. The number of rotatable bonds is 5. The fourth-order valence-electron chi connectivity index (χ4n) is 7.39. The Kier molecular flexibility index (Phi) is 11.3. The summed E-state index contributed by atoms with van der Waals surface area (Å²) in [7, 11) is 7.21. The van der Waals surface area contributed by atoms with Crippen LogP contribution in [0.15, 0.2) is 97.1 Å². The van der Waals surface area contributed by atoms with E-state index in [4.69, 9.17) is 23.6 Å². The molecule has 222 valence electrons. The summed E-state index contributed by atoms with van der Waals surface area (Å²) in [5.41, 5.74) is 5.99. The summed E-state index contributed by atoms with van der Waals surface area (Å²) in [5.74, 6) is 1.02. The van der Waals surface area contributed by atoms with Crippen molar-refractivity contribution in [3.8, 4) is 0 Å². The first kappa shape index (κ1) is 33.5. The Morgan fingerprint density at radius 1 is 0.762 bits per heavy atom. The van der Waals surface area contributed by atoms with Gasteiger partial charge in [0.15, 0.2) is 0 Å². The van der Waals surface area contributed by atoms with Crippen LogP contribution in [0.2, 0.25) is 5.54 Å². The second-order valence-electron chi connectivity index (χ2n) is 12.9. The fourth-order valence-corrected chi connectivity index (χ4v) is 12.9. The standard InChI is InChI=1S/C35H41N2Si.CH3.2ClH.Ti/c1-25-14-18-29(19-15-25)38(36-35(3,4)5,30-20-16-26(2)17-21-30)34-22-33(31-12-8-9-13-32(31)34)37-23-27-10-6-7-11-28(27)24-37;;;;/h6-21,31-34H,22-24H2,1-5H3;1H3;2*1H;/q2*-1;;;+2/p-2. The Labute approximate surface area is 272 Å². The average molecular weight is 652 g/mol. The van der Waals surface area contributed by atoms with E-state index in [-0.39, 0.29) is 13.0 Å². The summed E-state index contributed by atoms with van der Waals surface area (Å²) in [6.45, 7) is 13.4. The third kappa shape index (κ3) is 6.94. The van der Waals surface area contributed by atoms with Gasteiger partial charge in [-0.25, -0.2) is 0 Å². The summed E-state index contributed by atoms with van der Waals surface area (Å²) in [6, 6.07) is 28.4. The Morgan fingerprint density at radius 2 is 1.21 bits per heavy atom. The van der Waals surface area contributed by atoms with Crippen LogP contribution >= 0.6 is 18.6 Å². The van der Waals surface area contributed by atoms with Crippen LogP contribution in [0.1, 0.15) is 49.4 Å². The number of halogens is 2. The van der Waals surface area contributed by atoms with Crippen LogP contribution in [0.25, 0.3) is 4.98 Å². The van der Waals surface area contributed by atoms with Crippen molar-refractivity contribution >= 4 is 37.2 Å². The van der Waals surface area contributed by atoms with E-state index in [2.05, 4.69) is 137 Å². The van der Waals surface area contributed by atoms with Gasteiger partial charge in [-0.15, -0.1) is 5.54 Å². The van der Waals surface area contributed by atoms with Gasteiger partial charge in [-0.1, -0.05) is 139 Å². The van der Waals surface area contributed by atoms with Gasteiger partial charge in [0.2, 0.25) is 0 Å². The molecule has 0 spiro atoms. The van der Waals surface area contributed by atoms with Gasteiger partial charge >= 0.3 is 35.6 Å². The number of allylic oxidation sites excluding steroid dienone is 3. The summed E-state index contributed by atoms with van der Waals surface area (Å²) in [6.07, 6.45) is 10.8. The SMILES string of the molecule is Cc1ccc([Si]([N-]C(C)(C)C)(c2ccc(C)cc2)C2CC(N3Cc4ccccc4C3)C3C=CC=CC32)cc1.[CH3-].[Cl][Ti][Cl]. The number of hydrogen-bond acceptors (Lipinski definition) is 1. The van der Waals surface area contributed by atoms with E-state index >= 15 is 0 Å². The van der Waals surface area contributed by atoms with Gasteiger partial charge < -0.3 is 12.4 Å². The average Bonchev–Trinajstić information content (AvgIpc) is 3.55. The van der Waals surface area contributed by atoms with Gasteiger partial charge in [-0.3, -0.25) is 4.90 Å². The third-order valence-electron chi connectivity index (χ3n) is 8.99. The van der Waals surface area contributed by atoms with E-state index in [9.17, 15) is 0 Å². The van der Waals surface area contributed by atoms with Crippen LogP contribution in [0.5, 0.6) is 0 Å². The Balaban J connectivity index is 0.000000972. The molecular weight excluding hydrogens is 607 g/mol. The van der Waals surface area contributed by atoms with Crippen molar-refractivity contribution < 1.29 is 17.0 Å². The van der Waals surface area contributed by atoms with E-state index in [1.807, 2.05) is 0 Å². The molecule has 2 nitrogen and oxygen atoms in total. The quantitative estimate of drug-likeness (QED) is 0.199. The molecule has 0 aromatic heterocycles. The van der Waals surface area contributed by atoms with Crippen molar-refractivity contribution in [2.45, 2.75) is 71.3 Å². The molecule has 0 radical (unpaired) electrons. The van der Waals surface area contributed by atoms with Gasteiger partial charge in [0.1, 0.15) is 0 Å². The number of hydrogen-bond donors (Lipinski definition) is 0. The van der Waals surface area contributed by atoms with Crippen molar-refractivity contribution in [3.63, 3.8) is 0 Å². The summed E-state index contributed by atoms with van der Waals surface area (Å²) < 4.78 is 0. The van der Waals surface area contributed by atoms with Crippen LogP contribution in [-0.4, -0.2) is 24.7 Å². The molecule has 3 aliphatic rings. The molecule has 4 unspecified atom stereocenters. The van der Waals surface area contributed by atoms with E-state index in [0.29, 0.717) is 23.4 Å². The van der Waals surface area contributed by atoms with Crippen LogP contribution in [0.3, 0.4) is 0 Å². The van der Waals surface area contributed by atoms with Gasteiger partial charge in [-0.05, 0) is 48.8 Å². The van der Waals surface area contributed by atoms with Crippen LogP contribution < -0.4 is 10.4 Å². The summed E-state index contributed by atoms with van der Waals surface area (Å²) >= 11 is -0.556. The van der Waals surface area contributed by atoms with Crippen LogP contribution in [0, 0.1) is 33.1 Å². The Hall–Kier alpha value is -1.43. The molecule has 1 heterocycles. The Bertz CT molecular complexity index is 1310. The molecule has 2 aliphatic carbocycles. The molecule has 6 rings (SSSR count). The van der Waals surface area contributed by atoms with Crippen molar-refractivity contribution in [1.29, 1.82) is 0 Å². The first-order valence-corrected chi connectivity index (χ1v) is 21.0. The van der Waals surface area contributed by atoms with E-state index in [1.54, 1.807) is 0 Å². The number of aryl methyl sites for hydroxylation is 2. The summed E-state index contributed by atoms with van der Waals surface area (Å²) in [5, 5.41) is 2.91. The van der Waals surface area contributed by atoms with Crippen molar-refractivity contribution in [3.05, 3.63) is 132 Å². The second-order valence-corrected chi connectivity index (χ2v) is 19.1. The number of fused-ring (bicyclic) bond motifs is 2. The fraction of sp³-hybridized carbons (Fsp3) is 0.361. The molecule has 0 saturated heterocycles. The molecule has 0 N–H and O–H groups in total. The van der Waals surface area contributed by atoms with E-state index < -0.39 is 25.3 Å². The molecule has 0 bridgehead atoms. The number of nitrogens with zero attached hydrogens (tertiary/aromatic N) is 2. The van der Waals surface area contributed by atoms with E-state index in [1.165, 1.54) is 39.0 Å². The normalized spacial score (nSPS) is 22.9. The van der Waals surface area contributed by atoms with Crippen molar-refractivity contribution in [1.82, 2.24) is 4.90 Å². The molecule has 3 aromatic rings. The molecule has 4 atom stereocenters. The molecule has 3 aromatic carbocycles. The minimum atomic E-state index is -2.56. The maximum atomic E-state index is 5.98. The zero-order valence-electron chi connectivity index (χ0n) is 25.8. The van der Waals surface area contributed by atoms with Gasteiger partial charge in [0.25, 0.3) is 0 Å². The van der Waals surface area contributed by atoms with Crippen LogP contribution in [0.4, 0.5) is 0 Å². The first-order chi connectivity index (χ1) is 19.7. The zero-order valence-corrected chi connectivity index (χ0v) is 29.9. The predicted octanol–water partition coefficient (Wildman–Crippen LogP) is 8.88. The zero-order chi connectivity index (χ0) is 29.2. The van der Waals surface area contributed by atoms with Crippen LogP contribution in [-0.2, 0) is 30.1 Å². The summed E-state index contributed by atoms with van der Waals surface area (Å²) in [4.78, 5) is 8.75. The maximum absolute atomic E-state index is 5.98. The Morgan fingerprint density at radius 3 is 1.67 bits per heavy atom. The van der Waals surface area contributed by atoms with Gasteiger partial charge in [0.05, 0.1) is 0 Å².